The first kappa shape index (κ1) is 25.0. The summed E-state index contributed by atoms with van der Waals surface area (Å²) in [5.74, 6) is 1.15. The standard InChI is InChI=1S/C29H30N6O3/c1-19(2)15-31-12-14-38-29(36)32-16-20-7-9-21(10-8-20)17-35-26-23-5-3-4-6-24(23)33-27(30)25(26)34-28(35)22-11-13-37-18-22/h3-11,13,18,31H,1,12,14-17H2,2H3,(H2,30,33)(H,32,36). The maximum absolute atomic E-state index is 12.0. The van der Waals surface area contributed by atoms with Gasteiger partial charge in [0.25, 0.3) is 0 Å². The first-order chi connectivity index (χ1) is 18.5. The van der Waals surface area contributed by atoms with Crippen LogP contribution in [0.3, 0.4) is 0 Å². The second kappa shape index (κ2) is 11.2. The number of hydrogen-bond acceptors (Lipinski definition) is 7. The van der Waals surface area contributed by atoms with Gasteiger partial charge in [-0.1, -0.05) is 54.6 Å². The number of carbonyl (C=O) groups is 1. The van der Waals surface area contributed by atoms with Crippen molar-refractivity contribution in [2.45, 2.75) is 20.0 Å². The molecule has 0 radical (unpaired) electrons. The third-order valence-electron chi connectivity index (χ3n) is 6.13. The number of nitrogens with two attached hydrogens (primary N) is 1. The van der Waals surface area contributed by atoms with Gasteiger partial charge in [0.1, 0.15) is 24.2 Å². The largest absolute Gasteiger partial charge is 0.472 e. The van der Waals surface area contributed by atoms with Gasteiger partial charge in [-0.15, -0.1) is 0 Å². The highest BCUT2D eigenvalue weighted by molar-refractivity contribution is 6.07. The predicted octanol–water partition coefficient (Wildman–Crippen LogP) is 4.87. The third kappa shape index (κ3) is 5.52. The number of ether oxygens (including phenoxy) is 1. The number of carbonyl (C=O) groups excluding carboxylic acids is 1. The molecule has 0 saturated heterocycles. The molecule has 9 heteroatoms. The number of furan rings is 1. The predicted molar refractivity (Wildman–Crippen MR) is 149 cm³/mol. The number of rotatable bonds is 10. The van der Waals surface area contributed by atoms with Crippen molar-refractivity contribution in [3.8, 4) is 11.4 Å². The summed E-state index contributed by atoms with van der Waals surface area (Å²) in [4.78, 5) is 21.4. The van der Waals surface area contributed by atoms with Crippen LogP contribution < -0.4 is 16.4 Å². The number of para-hydroxylation sites is 1. The summed E-state index contributed by atoms with van der Waals surface area (Å²) in [6, 6.07) is 17.9. The van der Waals surface area contributed by atoms with E-state index < -0.39 is 6.09 Å². The van der Waals surface area contributed by atoms with E-state index in [1.54, 1.807) is 12.5 Å². The van der Waals surface area contributed by atoms with Gasteiger partial charge in [0, 0.05) is 31.6 Å². The summed E-state index contributed by atoms with van der Waals surface area (Å²) in [7, 11) is 0. The average molecular weight is 511 g/mol. The molecule has 0 saturated carbocycles. The number of aromatic nitrogens is 3. The molecule has 38 heavy (non-hydrogen) atoms. The van der Waals surface area contributed by atoms with Crippen molar-refractivity contribution >= 4 is 33.8 Å². The van der Waals surface area contributed by atoms with E-state index in [2.05, 4.69) is 26.8 Å². The molecule has 0 aliphatic rings. The Kier molecular flexibility index (Phi) is 7.37. The number of nitrogens with one attached hydrogen (secondary N) is 2. The Morgan fingerprint density at radius 3 is 2.66 bits per heavy atom. The lowest BCUT2D eigenvalue weighted by molar-refractivity contribution is 0.146. The van der Waals surface area contributed by atoms with Crippen molar-refractivity contribution in [1.82, 2.24) is 25.2 Å². The molecular formula is C29H30N6O3. The van der Waals surface area contributed by atoms with E-state index >= 15 is 0 Å². The maximum atomic E-state index is 12.0. The fraction of sp³-hybridized carbons (Fsp3) is 0.207. The minimum Gasteiger partial charge on any atom is -0.472 e. The van der Waals surface area contributed by atoms with Gasteiger partial charge in [0.2, 0.25) is 0 Å². The fourth-order valence-corrected chi connectivity index (χ4v) is 4.31. The Bertz CT molecular complexity index is 1570. The van der Waals surface area contributed by atoms with Crippen molar-refractivity contribution < 1.29 is 13.9 Å². The van der Waals surface area contributed by atoms with Gasteiger partial charge in [-0.3, -0.25) is 0 Å². The van der Waals surface area contributed by atoms with E-state index in [4.69, 9.17) is 19.9 Å². The van der Waals surface area contributed by atoms with E-state index in [1.165, 1.54) is 0 Å². The summed E-state index contributed by atoms with van der Waals surface area (Å²) in [5, 5.41) is 6.92. The molecule has 0 bridgehead atoms. The van der Waals surface area contributed by atoms with E-state index in [0.717, 1.165) is 44.5 Å². The minimum absolute atomic E-state index is 0.296. The SMILES string of the molecule is C=C(C)CNCCOC(=O)NCc1ccc(Cn2c(-c3ccoc3)nc3c(N)nc4ccccc4c32)cc1. The van der Waals surface area contributed by atoms with Crippen molar-refractivity contribution in [3.05, 3.63) is 90.4 Å². The molecule has 0 atom stereocenters. The van der Waals surface area contributed by atoms with Crippen molar-refractivity contribution in [2.24, 2.45) is 0 Å². The molecular weight excluding hydrogens is 480 g/mol. The number of alkyl carbamates (subject to hydrolysis) is 1. The summed E-state index contributed by atoms with van der Waals surface area (Å²) >= 11 is 0. The topological polar surface area (TPSA) is 120 Å². The molecule has 0 unspecified atom stereocenters. The molecule has 0 aliphatic heterocycles. The van der Waals surface area contributed by atoms with E-state index in [9.17, 15) is 4.79 Å². The molecule has 3 heterocycles. The number of pyridine rings is 1. The zero-order valence-electron chi connectivity index (χ0n) is 21.2. The lowest BCUT2D eigenvalue weighted by Crippen LogP contribution is -2.28. The number of nitrogens with zero attached hydrogens (tertiary/aromatic N) is 3. The molecule has 194 valence electrons. The summed E-state index contributed by atoms with van der Waals surface area (Å²) in [6.07, 6.45) is 2.86. The minimum atomic E-state index is -0.445. The van der Waals surface area contributed by atoms with Crippen LogP contribution in [0.25, 0.3) is 33.3 Å². The first-order valence-electron chi connectivity index (χ1n) is 12.4. The summed E-state index contributed by atoms with van der Waals surface area (Å²) in [5.41, 5.74) is 12.7. The van der Waals surface area contributed by atoms with Gasteiger partial charge < -0.3 is 30.1 Å². The van der Waals surface area contributed by atoms with Crippen molar-refractivity contribution in [1.29, 1.82) is 0 Å². The van der Waals surface area contributed by atoms with Crippen molar-refractivity contribution in [2.75, 3.05) is 25.4 Å². The van der Waals surface area contributed by atoms with Crippen LogP contribution in [-0.2, 0) is 17.8 Å². The summed E-state index contributed by atoms with van der Waals surface area (Å²) < 4.78 is 12.7. The third-order valence-corrected chi connectivity index (χ3v) is 6.13. The number of nitrogen functional groups attached to an aromatic ring is 1. The zero-order valence-corrected chi connectivity index (χ0v) is 21.2. The Morgan fingerprint density at radius 1 is 1.11 bits per heavy atom. The molecule has 3 aromatic heterocycles. The second-order valence-electron chi connectivity index (χ2n) is 9.18. The lowest BCUT2D eigenvalue weighted by atomic mass is 10.1. The second-order valence-corrected chi connectivity index (χ2v) is 9.18. The Balaban J connectivity index is 1.32. The van der Waals surface area contributed by atoms with Gasteiger partial charge in [-0.2, -0.15) is 0 Å². The highest BCUT2D eigenvalue weighted by atomic mass is 16.5. The smallest absolute Gasteiger partial charge is 0.407 e. The number of anilines is 1. The molecule has 9 nitrogen and oxygen atoms in total. The van der Waals surface area contributed by atoms with Crippen LogP contribution in [0.4, 0.5) is 10.6 Å². The number of benzene rings is 2. The lowest BCUT2D eigenvalue weighted by Gasteiger charge is -2.12. The van der Waals surface area contributed by atoms with Crippen LogP contribution in [0.2, 0.25) is 0 Å². The molecule has 5 rings (SSSR count). The molecule has 1 amide bonds. The van der Waals surface area contributed by atoms with Gasteiger partial charge in [-0.05, 0) is 30.2 Å². The number of imidazole rings is 1. The quantitative estimate of drug-likeness (QED) is 0.181. The number of fused-ring (bicyclic) bond motifs is 3. The highest BCUT2D eigenvalue weighted by Gasteiger charge is 2.19. The Hall–Kier alpha value is -4.63. The highest BCUT2D eigenvalue weighted by Crippen LogP contribution is 2.33. The van der Waals surface area contributed by atoms with Gasteiger partial charge in [-0.25, -0.2) is 14.8 Å². The van der Waals surface area contributed by atoms with Gasteiger partial charge in [0.05, 0.1) is 22.9 Å². The van der Waals surface area contributed by atoms with Gasteiger partial charge in [0.15, 0.2) is 5.82 Å². The molecule has 0 fully saturated rings. The maximum Gasteiger partial charge on any atom is 0.407 e. The molecule has 5 aromatic rings. The fourth-order valence-electron chi connectivity index (χ4n) is 4.31. The molecule has 4 N–H and O–H groups in total. The normalized spacial score (nSPS) is 11.2. The van der Waals surface area contributed by atoms with Crippen LogP contribution in [0.15, 0.2) is 83.7 Å². The molecule has 2 aromatic carbocycles. The van der Waals surface area contributed by atoms with Crippen LogP contribution in [-0.4, -0.2) is 40.3 Å². The van der Waals surface area contributed by atoms with E-state index in [0.29, 0.717) is 44.1 Å². The van der Waals surface area contributed by atoms with Crippen molar-refractivity contribution in [3.63, 3.8) is 0 Å². The zero-order chi connectivity index (χ0) is 26.5. The number of hydrogen-bond donors (Lipinski definition) is 3. The Morgan fingerprint density at radius 2 is 1.89 bits per heavy atom. The molecule has 0 aliphatic carbocycles. The van der Waals surface area contributed by atoms with Gasteiger partial charge >= 0.3 is 6.09 Å². The average Bonchev–Trinajstić information content (AvgIpc) is 3.57. The monoisotopic (exact) mass is 510 g/mol. The number of amides is 1. The van der Waals surface area contributed by atoms with Crippen LogP contribution in [0.1, 0.15) is 18.1 Å². The van der Waals surface area contributed by atoms with Crippen LogP contribution in [0.5, 0.6) is 0 Å². The first-order valence-corrected chi connectivity index (χ1v) is 12.4. The van der Waals surface area contributed by atoms with Crippen LogP contribution >= 0.6 is 0 Å². The van der Waals surface area contributed by atoms with Crippen LogP contribution in [0, 0.1) is 0 Å². The van der Waals surface area contributed by atoms with E-state index in [1.807, 2.05) is 61.5 Å². The molecule has 0 spiro atoms. The van der Waals surface area contributed by atoms with E-state index in [-0.39, 0.29) is 0 Å². The summed E-state index contributed by atoms with van der Waals surface area (Å²) in [6.45, 7) is 8.29. The Labute approximate surface area is 220 Å².